The first-order chi connectivity index (χ1) is 15.7. The Kier molecular flexibility index (Phi) is 7.84. The second-order valence-corrected chi connectivity index (χ2v) is 7.86. The van der Waals surface area contributed by atoms with Gasteiger partial charge in [0, 0.05) is 37.2 Å². The van der Waals surface area contributed by atoms with Crippen LogP contribution in [-0.2, 0) is 17.4 Å². The van der Waals surface area contributed by atoms with Crippen molar-refractivity contribution in [1.82, 2.24) is 10.2 Å². The third-order valence-corrected chi connectivity index (χ3v) is 5.77. The molecular formula is C24H27F3N2O4. The maximum absolute atomic E-state index is 13.1. The highest BCUT2D eigenvalue weighted by Gasteiger charge is 2.33. The number of methoxy groups -OCH3 is 2. The van der Waals surface area contributed by atoms with Gasteiger partial charge in [-0.15, -0.1) is 0 Å². The van der Waals surface area contributed by atoms with Crippen LogP contribution >= 0.6 is 0 Å². The molecular weight excluding hydrogens is 437 g/mol. The minimum absolute atomic E-state index is 0.0937. The molecule has 0 bridgehead atoms. The highest BCUT2D eigenvalue weighted by molar-refractivity contribution is 5.95. The van der Waals surface area contributed by atoms with Crippen LogP contribution in [0.5, 0.6) is 11.5 Å². The van der Waals surface area contributed by atoms with E-state index in [-0.39, 0.29) is 36.3 Å². The molecule has 1 saturated heterocycles. The lowest BCUT2D eigenvalue weighted by molar-refractivity contribution is -0.138. The zero-order valence-electron chi connectivity index (χ0n) is 18.6. The molecule has 0 unspecified atom stereocenters. The molecule has 0 spiro atoms. The Bertz CT molecular complexity index is 964. The van der Waals surface area contributed by atoms with E-state index >= 15 is 0 Å². The van der Waals surface area contributed by atoms with Gasteiger partial charge in [0.1, 0.15) is 11.5 Å². The van der Waals surface area contributed by atoms with Crippen molar-refractivity contribution in [2.45, 2.75) is 25.4 Å². The molecule has 1 heterocycles. The van der Waals surface area contributed by atoms with E-state index in [0.29, 0.717) is 43.0 Å². The molecule has 1 aliphatic heterocycles. The Morgan fingerprint density at radius 1 is 1.03 bits per heavy atom. The lowest BCUT2D eigenvalue weighted by atomic mass is 9.95. The van der Waals surface area contributed by atoms with Crippen LogP contribution in [0.1, 0.15) is 34.3 Å². The minimum atomic E-state index is -4.42. The van der Waals surface area contributed by atoms with Crippen molar-refractivity contribution in [1.29, 1.82) is 0 Å². The number of piperidine rings is 1. The molecule has 2 aromatic rings. The molecule has 33 heavy (non-hydrogen) atoms. The summed E-state index contributed by atoms with van der Waals surface area (Å²) in [4.78, 5) is 27.1. The van der Waals surface area contributed by atoms with Gasteiger partial charge in [-0.25, -0.2) is 0 Å². The molecule has 1 N–H and O–H groups in total. The first kappa shape index (κ1) is 24.4. The summed E-state index contributed by atoms with van der Waals surface area (Å²) in [7, 11) is 3.02. The van der Waals surface area contributed by atoms with Gasteiger partial charge in [-0.3, -0.25) is 9.59 Å². The molecule has 1 aliphatic rings. The monoisotopic (exact) mass is 464 g/mol. The normalized spacial score (nSPS) is 14.6. The first-order valence-electron chi connectivity index (χ1n) is 10.7. The quantitative estimate of drug-likeness (QED) is 0.674. The molecule has 0 saturated carbocycles. The van der Waals surface area contributed by atoms with E-state index in [1.165, 1.54) is 26.4 Å². The van der Waals surface area contributed by atoms with Crippen molar-refractivity contribution in [2.75, 3.05) is 33.9 Å². The molecule has 0 atom stereocenters. The predicted octanol–water partition coefficient (Wildman–Crippen LogP) is 3.93. The summed E-state index contributed by atoms with van der Waals surface area (Å²) in [5.74, 6) is 0.370. The van der Waals surface area contributed by atoms with Crippen molar-refractivity contribution in [3.05, 3.63) is 59.2 Å². The SMILES string of the molecule is COc1cc(OC)cc(C(=O)N2CCC(C(=O)NCCc3ccccc3C(F)(F)F)CC2)c1. The summed E-state index contributed by atoms with van der Waals surface area (Å²) >= 11 is 0. The fourth-order valence-electron chi connectivity index (χ4n) is 3.94. The van der Waals surface area contributed by atoms with Gasteiger partial charge < -0.3 is 19.7 Å². The maximum atomic E-state index is 13.1. The van der Waals surface area contributed by atoms with Crippen molar-refractivity contribution in [3.8, 4) is 11.5 Å². The van der Waals surface area contributed by atoms with Crippen LogP contribution in [0.3, 0.4) is 0 Å². The van der Waals surface area contributed by atoms with Gasteiger partial charge in [-0.05, 0) is 43.0 Å². The summed E-state index contributed by atoms with van der Waals surface area (Å²) in [5, 5.41) is 2.74. The lowest BCUT2D eigenvalue weighted by Gasteiger charge is -2.31. The number of benzene rings is 2. The topological polar surface area (TPSA) is 67.9 Å². The Morgan fingerprint density at radius 3 is 2.21 bits per heavy atom. The molecule has 178 valence electrons. The van der Waals surface area contributed by atoms with E-state index in [4.69, 9.17) is 9.47 Å². The van der Waals surface area contributed by atoms with Gasteiger partial charge in [0.05, 0.1) is 19.8 Å². The van der Waals surface area contributed by atoms with E-state index in [1.54, 1.807) is 29.2 Å². The molecule has 1 fully saturated rings. The third kappa shape index (κ3) is 6.18. The summed E-state index contributed by atoms with van der Waals surface area (Å²) in [6, 6.07) is 10.3. The number of carbonyl (C=O) groups is 2. The molecule has 0 aromatic heterocycles. The predicted molar refractivity (Wildman–Crippen MR) is 116 cm³/mol. The largest absolute Gasteiger partial charge is 0.497 e. The van der Waals surface area contributed by atoms with Crippen LogP contribution in [0.4, 0.5) is 13.2 Å². The third-order valence-electron chi connectivity index (χ3n) is 5.77. The average molecular weight is 464 g/mol. The van der Waals surface area contributed by atoms with Crippen molar-refractivity contribution < 1.29 is 32.2 Å². The molecule has 6 nitrogen and oxygen atoms in total. The number of nitrogens with zero attached hydrogens (tertiary/aromatic N) is 1. The molecule has 0 aliphatic carbocycles. The van der Waals surface area contributed by atoms with Crippen molar-refractivity contribution in [3.63, 3.8) is 0 Å². The van der Waals surface area contributed by atoms with E-state index < -0.39 is 11.7 Å². The molecule has 3 rings (SSSR count). The summed E-state index contributed by atoms with van der Waals surface area (Å²) < 4.78 is 49.7. The second-order valence-electron chi connectivity index (χ2n) is 7.86. The Labute approximate surface area is 190 Å². The summed E-state index contributed by atoms with van der Waals surface area (Å²) in [5.41, 5.74) is -0.0860. The molecule has 0 radical (unpaired) electrons. The Hall–Kier alpha value is -3.23. The molecule has 9 heteroatoms. The highest BCUT2D eigenvalue weighted by atomic mass is 19.4. The van der Waals surface area contributed by atoms with Crippen molar-refractivity contribution in [2.24, 2.45) is 5.92 Å². The average Bonchev–Trinajstić information content (AvgIpc) is 2.82. The number of rotatable bonds is 7. The van der Waals surface area contributed by atoms with Gasteiger partial charge >= 0.3 is 6.18 Å². The van der Waals surface area contributed by atoms with Crippen LogP contribution in [0, 0.1) is 5.92 Å². The van der Waals surface area contributed by atoms with Crippen LogP contribution in [0.25, 0.3) is 0 Å². The summed E-state index contributed by atoms with van der Waals surface area (Å²) in [6.45, 7) is 0.940. The number of nitrogens with one attached hydrogen (secondary N) is 1. The fourth-order valence-corrected chi connectivity index (χ4v) is 3.94. The van der Waals surface area contributed by atoms with Gasteiger partial charge in [-0.1, -0.05) is 18.2 Å². The maximum Gasteiger partial charge on any atom is 0.416 e. The smallest absolute Gasteiger partial charge is 0.416 e. The van der Waals surface area contributed by atoms with E-state index in [1.807, 2.05) is 0 Å². The van der Waals surface area contributed by atoms with Gasteiger partial charge in [0.15, 0.2) is 0 Å². The van der Waals surface area contributed by atoms with Gasteiger partial charge in [0.2, 0.25) is 5.91 Å². The van der Waals surface area contributed by atoms with Crippen molar-refractivity contribution >= 4 is 11.8 Å². The molecule has 2 aromatic carbocycles. The van der Waals surface area contributed by atoms with Crippen LogP contribution < -0.4 is 14.8 Å². The second kappa shape index (κ2) is 10.6. The fraction of sp³-hybridized carbons (Fsp3) is 0.417. The number of likely N-dealkylation sites (tertiary alicyclic amines) is 1. The van der Waals surface area contributed by atoms with Crippen LogP contribution in [0.15, 0.2) is 42.5 Å². The van der Waals surface area contributed by atoms with Crippen LogP contribution in [0.2, 0.25) is 0 Å². The highest BCUT2D eigenvalue weighted by Crippen LogP contribution is 2.32. The van der Waals surface area contributed by atoms with E-state index in [9.17, 15) is 22.8 Å². The van der Waals surface area contributed by atoms with E-state index in [0.717, 1.165) is 6.07 Å². The number of alkyl halides is 3. The van der Waals surface area contributed by atoms with E-state index in [2.05, 4.69) is 5.32 Å². The zero-order chi connectivity index (χ0) is 24.0. The van der Waals surface area contributed by atoms with Gasteiger partial charge in [-0.2, -0.15) is 13.2 Å². The first-order valence-corrected chi connectivity index (χ1v) is 10.7. The Morgan fingerprint density at radius 2 is 1.64 bits per heavy atom. The number of carbonyl (C=O) groups excluding carboxylic acids is 2. The standard InChI is InChI=1S/C24H27F3N2O4/c1-32-19-13-18(14-20(15-19)33-2)23(31)29-11-8-17(9-12-29)22(30)28-10-7-16-5-3-4-6-21(16)24(25,26)27/h3-6,13-15,17H,7-12H2,1-2H3,(H,28,30). The number of ether oxygens (including phenoxy) is 2. The molecule has 2 amide bonds. The van der Waals surface area contributed by atoms with Crippen LogP contribution in [-0.4, -0.2) is 50.6 Å². The minimum Gasteiger partial charge on any atom is -0.497 e. The number of amides is 2. The summed E-state index contributed by atoms with van der Waals surface area (Å²) in [6.07, 6.45) is -3.36. The number of halogens is 3. The number of hydrogen-bond acceptors (Lipinski definition) is 4. The lowest BCUT2D eigenvalue weighted by Crippen LogP contribution is -2.43. The Balaban J connectivity index is 1.51. The van der Waals surface area contributed by atoms with Gasteiger partial charge in [0.25, 0.3) is 5.91 Å². The zero-order valence-corrected chi connectivity index (χ0v) is 18.6. The number of hydrogen-bond donors (Lipinski definition) is 1.